The second-order valence-electron chi connectivity index (χ2n) is 4.70. The lowest BCUT2D eigenvalue weighted by atomic mass is 10.1. The molecule has 1 aliphatic rings. The van der Waals surface area contributed by atoms with E-state index in [4.69, 9.17) is 5.73 Å². The van der Waals surface area contributed by atoms with E-state index >= 15 is 0 Å². The Labute approximate surface area is 116 Å². The zero-order chi connectivity index (χ0) is 14.3. The molecule has 0 fully saturated rings. The zero-order valence-electron chi connectivity index (χ0n) is 11.3. The topological polar surface area (TPSA) is 76.5 Å². The van der Waals surface area contributed by atoms with Gasteiger partial charge in [-0.25, -0.2) is 4.98 Å². The number of rotatable bonds is 1. The molecular formula is C14H15N5O. The second-order valence-corrected chi connectivity index (χ2v) is 4.70. The van der Waals surface area contributed by atoms with Gasteiger partial charge in [-0.1, -0.05) is 18.2 Å². The Bertz CT molecular complexity index is 703. The molecule has 2 N–H and O–H groups in total. The highest BCUT2D eigenvalue weighted by molar-refractivity contribution is 6.18. The van der Waals surface area contributed by atoms with Gasteiger partial charge in [0.15, 0.2) is 12.0 Å². The minimum absolute atomic E-state index is 0.235. The van der Waals surface area contributed by atoms with Crippen LogP contribution in [0.1, 0.15) is 11.4 Å². The van der Waals surface area contributed by atoms with Gasteiger partial charge in [0.2, 0.25) is 0 Å². The zero-order valence-corrected chi connectivity index (χ0v) is 11.3. The molecule has 0 saturated carbocycles. The van der Waals surface area contributed by atoms with Gasteiger partial charge < -0.3 is 15.2 Å². The largest absolute Gasteiger partial charge is 0.333 e. The van der Waals surface area contributed by atoms with Crippen molar-refractivity contribution in [2.24, 2.45) is 17.8 Å². The fourth-order valence-corrected chi connectivity index (χ4v) is 2.32. The number of hydrogen-bond acceptors (Lipinski definition) is 4. The number of anilines is 1. The molecule has 1 aromatic heterocycles. The van der Waals surface area contributed by atoms with Crippen LogP contribution in [0.3, 0.4) is 0 Å². The van der Waals surface area contributed by atoms with Crippen LogP contribution in [-0.4, -0.2) is 34.4 Å². The summed E-state index contributed by atoms with van der Waals surface area (Å²) in [5, 5.41) is 0. The first kappa shape index (κ1) is 12.6. The Kier molecular flexibility index (Phi) is 2.87. The van der Waals surface area contributed by atoms with Gasteiger partial charge in [-0.2, -0.15) is 0 Å². The lowest BCUT2D eigenvalue weighted by Gasteiger charge is -2.18. The molecule has 0 aliphatic carbocycles. The molecule has 1 aromatic carbocycles. The summed E-state index contributed by atoms with van der Waals surface area (Å²) in [5.41, 5.74) is 8.15. The first-order chi connectivity index (χ1) is 9.59. The maximum absolute atomic E-state index is 12.2. The molecule has 2 heterocycles. The lowest BCUT2D eigenvalue weighted by molar-refractivity contribution is -0.119. The van der Waals surface area contributed by atoms with Crippen LogP contribution in [-0.2, 0) is 11.8 Å². The number of aryl methyl sites for hydroxylation is 1. The molecule has 2 aromatic rings. The summed E-state index contributed by atoms with van der Waals surface area (Å²) >= 11 is 0. The predicted octanol–water partition coefficient (Wildman–Crippen LogP) is 0.519. The summed E-state index contributed by atoms with van der Waals surface area (Å²) in [7, 11) is 3.59. The van der Waals surface area contributed by atoms with Crippen molar-refractivity contribution in [1.29, 1.82) is 0 Å². The van der Waals surface area contributed by atoms with Gasteiger partial charge in [0, 0.05) is 32.1 Å². The second kappa shape index (κ2) is 4.57. The summed E-state index contributed by atoms with van der Waals surface area (Å²) in [6.45, 7) is 0. The van der Waals surface area contributed by atoms with Crippen molar-refractivity contribution < 1.29 is 4.79 Å². The standard InChI is InChI=1S/C14H15N5O/c1-18-8-7-16-13(18)11-9-5-3-4-6-10(9)19(2)14(20)12(15)17-11/h3-8,12H,15H2,1-2H3/t12-/m0/s1. The number of imidazole rings is 1. The highest BCUT2D eigenvalue weighted by Crippen LogP contribution is 2.25. The Morgan fingerprint density at radius 2 is 2.00 bits per heavy atom. The molecule has 6 nitrogen and oxygen atoms in total. The van der Waals surface area contributed by atoms with Gasteiger partial charge in [-0.15, -0.1) is 0 Å². The average Bonchev–Trinajstić information content (AvgIpc) is 2.85. The van der Waals surface area contributed by atoms with Crippen molar-refractivity contribution in [2.45, 2.75) is 6.17 Å². The summed E-state index contributed by atoms with van der Waals surface area (Å²) in [6.07, 6.45) is 2.62. The van der Waals surface area contributed by atoms with E-state index in [0.29, 0.717) is 11.5 Å². The number of carbonyl (C=O) groups is 1. The number of benzodiazepines with no additional fused rings is 1. The normalized spacial score (nSPS) is 18.6. The molecular weight excluding hydrogens is 254 g/mol. The molecule has 1 atom stereocenters. The number of hydrogen-bond donors (Lipinski definition) is 1. The summed E-state index contributed by atoms with van der Waals surface area (Å²) in [6, 6.07) is 7.59. The van der Waals surface area contributed by atoms with Crippen LogP contribution in [0.25, 0.3) is 0 Å². The Morgan fingerprint density at radius 3 is 2.70 bits per heavy atom. The van der Waals surface area contributed by atoms with E-state index < -0.39 is 6.17 Å². The smallest absolute Gasteiger partial charge is 0.266 e. The molecule has 6 heteroatoms. The fraction of sp³-hybridized carbons (Fsp3) is 0.214. The molecule has 0 saturated heterocycles. The van der Waals surface area contributed by atoms with Crippen molar-refractivity contribution in [3.8, 4) is 0 Å². The first-order valence-electron chi connectivity index (χ1n) is 6.27. The van der Waals surface area contributed by atoms with Gasteiger partial charge >= 0.3 is 0 Å². The number of fused-ring (bicyclic) bond motifs is 1. The molecule has 1 aliphatic heterocycles. The minimum Gasteiger partial charge on any atom is -0.333 e. The maximum atomic E-state index is 12.2. The Balaban J connectivity index is 2.27. The van der Waals surface area contributed by atoms with Gasteiger partial charge in [-0.3, -0.25) is 9.79 Å². The Hall–Kier alpha value is -2.47. The van der Waals surface area contributed by atoms with Crippen LogP contribution in [0, 0.1) is 0 Å². The van der Waals surface area contributed by atoms with Crippen molar-refractivity contribution in [3.63, 3.8) is 0 Å². The number of likely N-dealkylation sites (N-methyl/N-ethyl adjacent to an activating group) is 1. The van der Waals surface area contributed by atoms with Crippen molar-refractivity contribution in [2.75, 3.05) is 11.9 Å². The molecule has 0 radical (unpaired) electrons. The van der Waals surface area contributed by atoms with Crippen LogP contribution < -0.4 is 10.6 Å². The third-order valence-electron chi connectivity index (χ3n) is 3.41. The quantitative estimate of drug-likeness (QED) is 0.820. The number of carbonyl (C=O) groups excluding carboxylic acids is 1. The van der Waals surface area contributed by atoms with Crippen molar-refractivity contribution in [3.05, 3.63) is 48.0 Å². The van der Waals surface area contributed by atoms with E-state index in [2.05, 4.69) is 9.98 Å². The van der Waals surface area contributed by atoms with E-state index in [1.165, 1.54) is 0 Å². The lowest BCUT2D eigenvalue weighted by Crippen LogP contribution is -2.39. The number of aromatic nitrogens is 2. The molecule has 20 heavy (non-hydrogen) atoms. The minimum atomic E-state index is -0.918. The summed E-state index contributed by atoms with van der Waals surface area (Å²) < 4.78 is 1.86. The van der Waals surface area contributed by atoms with Crippen molar-refractivity contribution >= 4 is 17.3 Å². The number of benzene rings is 1. The highest BCUT2D eigenvalue weighted by atomic mass is 16.2. The number of para-hydroxylation sites is 1. The molecule has 3 rings (SSSR count). The molecule has 0 unspecified atom stereocenters. The van der Waals surface area contributed by atoms with Crippen LogP contribution in [0.15, 0.2) is 41.7 Å². The van der Waals surface area contributed by atoms with Crippen LogP contribution in [0.5, 0.6) is 0 Å². The number of aliphatic imine (C=N–C) groups is 1. The van der Waals surface area contributed by atoms with E-state index in [1.807, 2.05) is 42.1 Å². The average molecular weight is 269 g/mol. The van der Waals surface area contributed by atoms with Crippen molar-refractivity contribution in [1.82, 2.24) is 9.55 Å². The van der Waals surface area contributed by atoms with E-state index in [-0.39, 0.29) is 5.91 Å². The summed E-state index contributed by atoms with van der Waals surface area (Å²) in [5.74, 6) is 0.456. The van der Waals surface area contributed by atoms with Gasteiger partial charge in [0.05, 0.1) is 5.69 Å². The van der Waals surface area contributed by atoms with Crippen LogP contribution in [0.2, 0.25) is 0 Å². The Morgan fingerprint density at radius 1 is 1.25 bits per heavy atom. The third kappa shape index (κ3) is 1.81. The number of amides is 1. The van der Waals surface area contributed by atoms with E-state index in [9.17, 15) is 4.79 Å². The van der Waals surface area contributed by atoms with Crippen LogP contribution >= 0.6 is 0 Å². The van der Waals surface area contributed by atoms with Gasteiger partial charge in [0.1, 0.15) is 5.71 Å². The fourth-order valence-electron chi connectivity index (χ4n) is 2.32. The summed E-state index contributed by atoms with van der Waals surface area (Å²) in [4.78, 5) is 22.4. The number of nitrogens with two attached hydrogens (primary N) is 1. The van der Waals surface area contributed by atoms with E-state index in [0.717, 1.165) is 11.3 Å². The predicted molar refractivity (Wildman–Crippen MR) is 76.7 cm³/mol. The molecule has 0 bridgehead atoms. The van der Waals surface area contributed by atoms with Gasteiger partial charge in [0.25, 0.3) is 5.91 Å². The third-order valence-corrected chi connectivity index (χ3v) is 3.41. The van der Waals surface area contributed by atoms with E-state index in [1.54, 1.807) is 18.1 Å². The monoisotopic (exact) mass is 269 g/mol. The highest BCUT2D eigenvalue weighted by Gasteiger charge is 2.28. The first-order valence-corrected chi connectivity index (χ1v) is 6.27. The SMILES string of the molecule is CN1C(=O)[C@@H](N)N=C(c2nccn2C)c2ccccc21. The maximum Gasteiger partial charge on any atom is 0.266 e. The molecule has 0 spiro atoms. The molecule has 1 amide bonds. The van der Waals surface area contributed by atoms with Gasteiger partial charge in [-0.05, 0) is 6.07 Å². The van der Waals surface area contributed by atoms with Crippen LogP contribution in [0.4, 0.5) is 5.69 Å². The molecule has 102 valence electrons. The number of nitrogens with zero attached hydrogens (tertiary/aromatic N) is 4.